The van der Waals surface area contributed by atoms with E-state index in [2.05, 4.69) is 12.2 Å². The molecule has 0 amide bonds. The predicted molar refractivity (Wildman–Crippen MR) is 79.6 cm³/mol. The summed E-state index contributed by atoms with van der Waals surface area (Å²) in [6.45, 7) is 2.83. The monoisotopic (exact) mass is 299 g/mol. The third kappa shape index (κ3) is 3.19. The Bertz CT molecular complexity index is 476. The first-order valence-corrected chi connectivity index (χ1v) is 7.18. The van der Waals surface area contributed by atoms with E-state index < -0.39 is 0 Å². The standard InChI is InChI=1S/C15H22ClNO3/c1-15(9-18,11-4-5-11)17-8-10-6-12(16)14(20-3)13(7-10)19-2/h6-7,11,17-18H,4-5,8-9H2,1-3H3. The summed E-state index contributed by atoms with van der Waals surface area (Å²) in [6, 6.07) is 3.77. The lowest BCUT2D eigenvalue weighted by atomic mass is 9.96. The SMILES string of the molecule is COc1cc(CNC(C)(CO)C2CC2)cc(Cl)c1OC. The second-order valence-corrected chi connectivity index (χ2v) is 5.92. The molecule has 1 saturated carbocycles. The van der Waals surface area contributed by atoms with Crippen LogP contribution in [0.25, 0.3) is 0 Å². The summed E-state index contributed by atoms with van der Waals surface area (Å²) >= 11 is 6.19. The van der Waals surface area contributed by atoms with Crippen molar-refractivity contribution in [2.45, 2.75) is 31.8 Å². The van der Waals surface area contributed by atoms with Crippen LogP contribution in [0, 0.1) is 5.92 Å². The van der Waals surface area contributed by atoms with Gasteiger partial charge in [-0.15, -0.1) is 0 Å². The van der Waals surface area contributed by atoms with Crippen LogP contribution in [-0.4, -0.2) is 31.5 Å². The van der Waals surface area contributed by atoms with Gasteiger partial charge in [0.05, 0.1) is 25.8 Å². The number of methoxy groups -OCH3 is 2. The maximum absolute atomic E-state index is 9.58. The number of aliphatic hydroxyl groups excluding tert-OH is 1. The van der Waals surface area contributed by atoms with E-state index in [0.717, 1.165) is 5.56 Å². The Labute approximate surface area is 125 Å². The summed E-state index contributed by atoms with van der Waals surface area (Å²) in [5.74, 6) is 1.72. The number of hydrogen-bond acceptors (Lipinski definition) is 4. The third-order valence-corrected chi connectivity index (χ3v) is 4.28. The van der Waals surface area contributed by atoms with Gasteiger partial charge in [0.1, 0.15) is 0 Å². The van der Waals surface area contributed by atoms with Crippen LogP contribution in [0.15, 0.2) is 12.1 Å². The molecule has 0 radical (unpaired) electrons. The van der Waals surface area contributed by atoms with Crippen molar-refractivity contribution in [3.8, 4) is 11.5 Å². The Morgan fingerprint density at radius 3 is 2.55 bits per heavy atom. The van der Waals surface area contributed by atoms with E-state index in [0.29, 0.717) is 29.0 Å². The number of nitrogens with one attached hydrogen (secondary N) is 1. The van der Waals surface area contributed by atoms with Crippen LogP contribution in [0.5, 0.6) is 11.5 Å². The molecular formula is C15H22ClNO3. The minimum atomic E-state index is -0.223. The molecule has 4 nitrogen and oxygen atoms in total. The zero-order valence-electron chi connectivity index (χ0n) is 12.2. The minimum Gasteiger partial charge on any atom is -0.493 e. The highest BCUT2D eigenvalue weighted by Crippen LogP contribution is 2.40. The van der Waals surface area contributed by atoms with Gasteiger partial charge >= 0.3 is 0 Å². The Kier molecular flexibility index (Phi) is 4.78. The topological polar surface area (TPSA) is 50.7 Å². The fourth-order valence-corrected chi connectivity index (χ4v) is 2.74. The van der Waals surface area contributed by atoms with E-state index >= 15 is 0 Å². The smallest absolute Gasteiger partial charge is 0.179 e. The second kappa shape index (κ2) is 6.20. The van der Waals surface area contributed by atoms with Gasteiger partial charge in [-0.05, 0) is 43.4 Å². The van der Waals surface area contributed by atoms with Gasteiger partial charge in [-0.2, -0.15) is 0 Å². The van der Waals surface area contributed by atoms with Crippen LogP contribution in [0.3, 0.4) is 0 Å². The van der Waals surface area contributed by atoms with Crippen molar-refractivity contribution in [2.24, 2.45) is 5.92 Å². The average molecular weight is 300 g/mol. The van der Waals surface area contributed by atoms with Crippen molar-refractivity contribution in [3.05, 3.63) is 22.7 Å². The molecule has 0 heterocycles. The third-order valence-electron chi connectivity index (χ3n) is 4.00. The van der Waals surface area contributed by atoms with Gasteiger partial charge in [-0.3, -0.25) is 0 Å². The van der Waals surface area contributed by atoms with Crippen molar-refractivity contribution in [1.82, 2.24) is 5.32 Å². The molecule has 1 aromatic rings. The zero-order valence-corrected chi connectivity index (χ0v) is 13.0. The summed E-state index contributed by atoms with van der Waals surface area (Å²) in [7, 11) is 3.16. The van der Waals surface area contributed by atoms with Crippen LogP contribution in [0.4, 0.5) is 0 Å². The molecule has 5 heteroatoms. The first-order valence-electron chi connectivity index (χ1n) is 6.80. The lowest BCUT2D eigenvalue weighted by Gasteiger charge is -2.29. The number of rotatable bonds is 7. The predicted octanol–water partition coefficient (Wildman–Crippen LogP) is 2.61. The number of benzene rings is 1. The van der Waals surface area contributed by atoms with Crippen LogP contribution in [-0.2, 0) is 6.54 Å². The number of ether oxygens (including phenoxy) is 2. The average Bonchev–Trinajstić information content (AvgIpc) is 3.29. The molecule has 1 aromatic carbocycles. The minimum absolute atomic E-state index is 0.138. The van der Waals surface area contributed by atoms with E-state index in [1.165, 1.54) is 12.8 Å². The second-order valence-electron chi connectivity index (χ2n) is 5.52. The van der Waals surface area contributed by atoms with Crippen LogP contribution >= 0.6 is 11.6 Å². The van der Waals surface area contributed by atoms with Gasteiger partial charge in [0.25, 0.3) is 0 Å². The molecule has 0 bridgehead atoms. The molecular weight excluding hydrogens is 278 g/mol. The quantitative estimate of drug-likeness (QED) is 0.812. The Morgan fingerprint density at radius 1 is 1.35 bits per heavy atom. The fourth-order valence-electron chi connectivity index (χ4n) is 2.43. The van der Waals surface area contributed by atoms with Crippen LogP contribution < -0.4 is 14.8 Å². The summed E-state index contributed by atoms with van der Waals surface area (Å²) in [6.07, 6.45) is 2.35. The number of aliphatic hydroxyl groups is 1. The summed E-state index contributed by atoms with van der Waals surface area (Å²) in [5.41, 5.74) is 0.785. The molecule has 20 heavy (non-hydrogen) atoms. The van der Waals surface area contributed by atoms with Gasteiger partial charge in [0.15, 0.2) is 11.5 Å². The molecule has 112 valence electrons. The van der Waals surface area contributed by atoms with Crippen molar-refractivity contribution in [3.63, 3.8) is 0 Å². The van der Waals surface area contributed by atoms with Crippen molar-refractivity contribution in [1.29, 1.82) is 0 Å². The number of halogens is 1. The maximum atomic E-state index is 9.58. The molecule has 1 aliphatic rings. The summed E-state index contributed by atoms with van der Waals surface area (Å²) in [5, 5.41) is 13.5. The largest absolute Gasteiger partial charge is 0.493 e. The van der Waals surface area contributed by atoms with Crippen LogP contribution in [0.2, 0.25) is 5.02 Å². The zero-order chi connectivity index (χ0) is 14.8. The first-order chi connectivity index (χ1) is 9.54. The van der Waals surface area contributed by atoms with Crippen LogP contribution in [0.1, 0.15) is 25.3 Å². The Morgan fingerprint density at radius 2 is 2.05 bits per heavy atom. The molecule has 0 aromatic heterocycles. The maximum Gasteiger partial charge on any atom is 0.179 e. The summed E-state index contributed by atoms with van der Waals surface area (Å²) in [4.78, 5) is 0. The van der Waals surface area contributed by atoms with Crippen molar-refractivity contribution >= 4 is 11.6 Å². The highest BCUT2D eigenvalue weighted by Gasteiger charge is 2.40. The summed E-state index contributed by atoms with van der Waals surface area (Å²) < 4.78 is 10.5. The van der Waals surface area contributed by atoms with Crippen molar-refractivity contribution in [2.75, 3.05) is 20.8 Å². The van der Waals surface area contributed by atoms with E-state index in [4.69, 9.17) is 21.1 Å². The van der Waals surface area contributed by atoms with E-state index in [1.54, 1.807) is 14.2 Å². The Hall–Kier alpha value is -0.970. The molecule has 1 fully saturated rings. The lowest BCUT2D eigenvalue weighted by molar-refractivity contribution is 0.153. The molecule has 0 spiro atoms. The molecule has 2 rings (SSSR count). The lowest BCUT2D eigenvalue weighted by Crippen LogP contribution is -2.47. The fraction of sp³-hybridized carbons (Fsp3) is 0.600. The molecule has 1 aliphatic carbocycles. The molecule has 2 N–H and O–H groups in total. The molecule has 0 aliphatic heterocycles. The van der Waals surface area contributed by atoms with E-state index in [1.807, 2.05) is 12.1 Å². The first kappa shape index (κ1) is 15.4. The molecule has 0 saturated heterocycles. The normalized spacial score (nSPS) is 17.6. The van der Waals surface area contributed by atoms with E-state index in [9.17, 15) is 5.11 Å². The van der Waals surface area contributed by atoms with E-state index in [-0.39, 0.29) is 12.1 Å². The van der Waals surface area contributed by atoms with Gasteiger partial charge in [-0.25, -0.2) is 0 Å². The van der Waals surface area contributed by atoms with Gasteiger partial charge < -0.3 is 19.9 Å². The molecule has 1 atom stereocenters. The number of hydrogen-bond donors (Lipinski definition) is 2. The highest BCUT2D eigenvalue weighted by molar-refractivity contribution is 6.32. The highest BCUT2D eigenvalue weighted by atomic mass is 35.5. The van der Waals surface area contributed by atoms with Gasteiger partial charge in [0, 0.05) is 12.1 Å². The van der Waals surface area contributed by atoms with Gasteiger partial charge in [0.2, 0.25) is 0 Å². The Balaban J connectivity index is 2.11. The molecule has 1 unspecified atom stereocenters. The van der Waals surface area contributed by atoms with Gasteiger partial charge in [-0.1, -0.05) is 11.6 Å². The van der Waals surface area contributed by atoms with Crippen molar-refractivity contribution < 1.29 is 14.6 Å².